The Balaban J connectivity index is 2.98. The molecule has 6 heteroatoms. The lowest BCUT2D eigenvalue weighted by Gasteiger charge is -2.15. The molecular formula is C12H14N2O4. The molecule has 0 saturated heterocycles. The van der Waals surface area contributed by atoms with E-state index in [0.717, 1.165) is 0 Å². The van der Waals surface area contributed by atoms with E-state index in [2.05, 4.69) is 21.6 Å². The zero-order chi connectivity index (χ0) is 13.5. The summed E-state index contributed by atoms with van der Waals surface area (Å²) in [4.78, 5) is 26.4. The molecule has 1 rings (SSSR count). The molecule has 1 atom stereocenters. The van der Waals surface area contributed by atoms with Gasteiger partial charge in [-0.25, -0.2) is 14.6 Å². The van der Waals surface area contributed by atoms with Gasteiger partial charge >= 0.3 is 11.9 Å². The van der Waals surface area contributed by atoms with E-state index in [1.54, 1.807) is 6.07 Å². The SMILES string of the molecule is C=CCC(Nc1ncccc1C(=O)OC)C(=O)O. The molecule has 1 unspecified atom stereocenters. The third kappa shape index (κ3) is 3.31. The van der Waals surface area contributed by atoms with Gasteiger partial charge in [0.2, 0.25) is 0 Å². The minimum absolute atomic E-state index is 0.179. The molecule has 0 aliphatic rings. The summed E-state index contributed by atoms with van der Waals surface area (Å²) in [6.45, 7) is 3.48. The predicted molar refractivity (Wildman–Crippen MR) is 65.4 cm³/mol. The first-order valence-electron chi connectivity index (χ1n) is 5.23. The number of carbonyl (C=O) groups is 2. The largest absolute Gasteiger partial charge is 0.480 e. The minimum atomic E-state index is -1.05. The Morgan fingerprint density at radius 2 is 2.39 bits per heavy atom. The molecule has 0 aliphatic carbocycles. The van der Waals surface area contributed by atoms with Crippen LogP contribution in [0.4, 0.5) is 5.82 Å². The average Bonchev–Trinajstić information content (AvgIpc) is 2.37. The number of nitrogens with one attached hydrogen (secondary N) is 1. The number of carboxylic acids is 1. The van der Waals surface area contributed by atoms with Crippen LogP contribution in [0.5, 0.6) is 0 Å². The lowest BCUT2D eigenvalue weighted by atomic mass is 10.2. The van der Waals surface area contributed by atoms with Gasteiger partial charge in [0.25, 0.3) is 0 Å². The quantitative estimate of drug-likeness (QED) is 0.584. The number of hydrogen-bond donors (Lipinski definition) is 2. The van der Waals surface area contributed by atoms with E-state index in [1.807, 2.05) is 0 Å². The third-order valence-electron chi connectivity index (χ3n) is 2.22. The Hall–Kier alpha value is -2.37. The van der Waals surface area contributed by atoms with E-state index in [4.69, 9.17) is 5.11 Å². The summed E-state index contributed by atoms with van der Waals surface area (Å²) in [6, 6.07) is 2.19. The van der Waals surface area contributed by atoms with Gasteiger partial charge in [0, 0.05) is 6.20 Å². The molecule has 0 spiro atoms. The average molecular weight is 250 g/mol. The molecular weight excluding hydrogens is 236 g/mol. The molecule has 1 heterocycles. The van der Waals surface area contributed by atoms with Crippen LogP contribution in [0.1, 0.15) is 16.8 Å². The van der Waals surface area contributed by atoms with Gasteiger partial charge in [-0.3, -0.25) is 0 Å². The Morgan fingerprint density at radius 3 is 2.94 bits per heavy atom. The van der Waals surface area contributed by atoms with Crippen molar-refractivity contribution in [3.63, 3.8) is 0 Å². The van der Waals surface area contributed by atoms with E-state index in [1.165, 1.54) is 25.4 Å². The maximum absolute atomic E-state index is 11.5. The number of hydrogen-bond acceptors (Lipinski definition) is 5. The van der Waals surface area contributed by atoms with Crippen molar-refractivity contribution in [1.29, 1.82) is 0 Å². The number of rotatable bonds is 6. The molecule has 1 aromatic heterocycles. The number of anilines is 1. The van der Waals surface area contributed by atoms with Crippen LogP contribution in [-0.2, 0) is 9.53 Å². The molecule has 2 N–H and O–H groups in total. The summed E-state index contributed by atoms with van der Waals surface area (Å²) in [6.07, 6.45) is 3.15. The van der Waals surface area contributed by atoms with E-state index in [-0.39, 0.29) is 17.8 Å². The lowest BCUT2D eigenvalue weighted by molar-refractivity contribution is -0.137. The monoisotopic (exact) mass is 250 g/mol. The van der Waals surface area contributed by atoms with Crippen molar-refractivity contribution in [2.45, 2.75) is 12.5 Å². The highest BCUT2D eigenvalue weighted by Gasteiger charge is 2.20. The number of esters is 1. The second-order valence-corrected chi connectivity index (χ2v) is 3.45. The van der Waals surface area contributed by atoms with Crippen molar-refractivity contribution < 1.29 is 19.4 Å². The first-order chi connectivity index (χ1) is 8.60. The standard InChI is InChI=1S/C12H14N2O4/c1-3-5-9(11(15)16)14-10-8(12(17)18-2)6-4-7-13-10/h3-4,6-7,9H,1,5H2,2H3,(H,13,14)(H,15,16). The number of carbonyl (C=O) groups excluding carboxylic acids is 1. The van der Waals surface area contributed by atoms with Crippen LogP contribution in [0.3, 0.4) is 0 Å². The highest BCUT2D eigenvalue weighted by Crippen LogP contribution is 2.14. The molecule has 1 aromatic rings. The summed E-state index contributed by atoms with van der Waals surface area (Å²) in [5.41, 5.74) is 0.190. The predicted octanol–water partition coefficient (Wildman–Crippen LogP) is 1.31. The molecule has 0 amide bonds. The highest BCUT2D eigenvalue weighted by atomic mass is 16.5. The van der Waals surface area contributed by atoms with E-state index in [0.29, 0.717) is 0 Å². The molecule has 0 aliphatic heterocycles. The van der Waals surface area contributed by atoms with Crippen molar-refractivity contribution >= 4 is 17.8 Å². The molecule has 0 saturated carbocycles. The van der Waals surface area contributed by atoms with Crippen LogP contribution in [0.25, 0.3) is 0 Å². The maximum atomic E-state index is 11.5. The summed E-state index contributed by atoms with van der Waals surface area (Å²) in [5.74, 6) is -1.44. The van der Waals surface area contributed by atoms with E-state index < -0.39 is 18.0 Å². The van der Waals surface area contributed by atoms with Crippen LogP contribution >= 0.6 is 0 Å². The van der Waals surface area contributed by atoms with Gasteiger partial charge in [0.15, 0.2) is 0 Å². The first-order valence-corrected chi connectivity index (χ1v) is 5.23. The summed E-state index contributed by atoms with van der Waals surface area (Å²) >= 11 is 0. The van der Waals surface area contributed by atoms with Gasteiger partial charge in [-0.2, -0.15) is 0 Å². The number of nitrogens with zero attached hydrogens (tertiary/aromatic N) is 1. The molecule has 96 valence electrons. The second-order valence-electron chi connectivity index (χ2n) is 3.45. The molecule has 0 radical (unpaired) electrons. The fraction of sp³-hybridized carbons (Fsp3) is 0.250. The van der Waals surface area contributed by atoms with Crippen molar-refractivity contribution in [3.05, 3.63) is 36.5 Å². The fourth-order valence-corrected chi connectivity index (χ4v) is 1.35. The summed E-state index contributed by atoms with van der Waals surface area (Å²) in [5, 5.41) is 11.7. The molecule has 6 nitrogen and oxygen atoms in total. The normalized spacial score (nSPS) is 11.4. The number of pyridine rings is 1. The number of methoxy groups -OCH3 is 1. The second kappa shape index (κ2) is 6.39. The van der Waals surface area contributed by atoms with Crippen molar-refractivity contribution in [2.75, 3.05) is 12.4 Å². The number of ether oxygens (including phenoxy) is 1. The van der Waals surface area contributed by atoms with Gasteiger partial charge in [0.05, 0.1) is 7.11 Å². The number of carboxylic acid groups (broad SMARTS) is 1. The third-order valence-corrected chi connectivity index (χ3v) is 2.22. The Bertz CT molecular complexity index is 459. The van der Waals surface area contributed by atoms with Crippen molar-refractivity contribution in [2.24, 2.45) is 0 Å². The van der Waals surface area contributed by atoms with Crippen LogP contribution < -0.4 is 5.32 Å². The van der Waals surface area contributed by atoms with Gasteiger partial charge < -0.3 is 15.2 Å². The Labute approximate surface area is 104 Å². The number of aromatic nitrogens is 1. The van der Waals surface area contributed by atoms with Gasteiger partial charge in [-0.15, -0.1) is 6.58 Å². The van der Waals surface area contributed by atoms with Crippen LogP contribution in [0.2, 0.25) is 0 Å². The van der Waals surface area contributed by atoms with Crippen LogP contribution in [0, 0.1) is 0 Å². The maximum Gasteiger partial charge on any atom is 0.341 e. The molecule has 0 aromatic carbocycles. The summed E-state index contributed by atoms with van der Waals surface area (Å²) in [7, 11) is 1.25. The zero-order valence-electron chi connectivity index (χ0n) is 9.92. The first kappa shape index (κ1) is 13.7. The van der Waals surface area contributed by atoms with E-state index >= 15 is 0 Å². The van der Waals surface area contributed by atoms with Gasteiger partial charge in [-0.1, -0.05) is 6.08 Å². The van der Waals surface area contributed by atoms with Crippen LogP contribution in [0.15, 0.2) is 31.0 Å². The van der Waals surface area contributed by atoms with Gasteiger partial charge in [-0.05, 0) is 18.6 Å². The smallest absolute Gasteiger partial charge is 0.341 e. The van der Waals surface area contributed by atoms with Crippen molar-refractivity contribution in [3.8, 4) is 0 Å². The topological polar surface area (TPSA) is 88.5 Å². The zero-order valence-corrected chi connectivity index (χ0v) is 9.92. The molecule has 0 fully saturated rings. The highest BCUT2D eigenvalue weighted by molar-refractivity contribution is 5.95. The molecule has 0 bridgehead atoms. The molecule has 18 heavy (non-hydrogen) atoms. The minimum Gasteiger partial charge on any atom is -0.480 e. The fourth-order valence-electron chi connectivity index (χ4n) is 1.35. The van der Waals surface area contributed by atoms with Crippen molar-refractivity contribution in [1.82, 2.24) is 4.98 Å². The summed E-state index contributed by atoms with van der Waals surface area (Å²) < 4.78 is 4.59. The Kier molecular flexibility index (Phi) is 4.86. The lowest BCUT2D eigenvalue weighted by Crippen LogP contribution is -2.30. The van der Waals surface area contributed by atoms with Gasteiger partial charge in [0.1, 0.15) is 17.4 Å². The Morgan fingerprint density at radius 1 is 1.67 bits per heavy atom. The van der Waals surface area contributed by atoms with Crippen LogP contribution in [-0.4, -0.2) is 35.2 Å². The number of aliphatic carboxylic acids is 1. The van der Waals surface area contributed by atoms with E-state index in [9.17, 15) is 9.59 Å².